The van der Waals surface area contributed by atoms with Crippen LogP contribution in [0.3, 0.4) is 0 Å². The van der Waals surface area contributed by atoms with Crippen molar-refractivity contribution in [3.8, 4) is 5.75 Å². The van der Waals surface area contributed by atoms with E-state index in [1.807, 2.05) is 25.1 Å². The lowest BCUT2D eigenvalue weighted by Gasteiger charge is -2.18. The summed E-state index contributed by atoms with van der Waals surface area (Å²) in [5.41, 5.74) is 6.95. The molecule has 0 spiro atoms. The number of benzene rings is 1. The number of hydrogen-bond acceptors (Lipinski definition) is 2. The number of hydrogen-bond donors (Lipinski definition) is 1. The molecule has 1 aromatic carbocycles. The maximum atomic E-state index is 6.22. The third-order valence-corrected chi connectivity index (χ3v) is 3.51. The van der Waals surface area contributed by atoms with E-state index in [-0.39, 0.29) is 6.04 Å². The third-order valence-electron chi connectivity index (χ3n) is 3.21. The Bertz CT molecular complexity index is 362. The van der Waals surface area contributed by atoms with Crippen LogP contribution >= 0.6 is 11.6 Å². The van der Waals surface area contributed by atoms with Crippen molar-refractivity contribution >= 4 is 11.6 Å². The van der Waals surface area contributed by atoms with Crippen LogP contribution in [0.15, 0.2) is 18.2 Å². The van der Waals surface area contributed by atoms with Gasteiger partial charge in [0.15, 0.2) is 0 Å². The Morgan fingerprint density at radius 3 is 2.50 bits per heavy atom. The van der Waals surface area contributed by atoms with Crippen molar-refractivity contribution in [1.29, 1.82) is 0 Å². The molecule has 1 unspecified atom stereocenters. The minimum atomic E-state index is 0.110. The van der Waals surface area contributed by atoms with Gasteiger partial charge < -0.3 is 10.5 Å². The molecule has 2 nitrogen and oxygen atoms in total. The molecule has 0 aliphatic heterocycles. The summed E-state index contributed by atoms with van der Waals surface area (Å²) < 4.78 is 5.93. The topological polar surface area (TPSA) is 35.2 Å². The molecule has 0 aliphatic rings. The van der Waals surface area contributed by atoms with Gasteiger partial charge in [0.25, 0.3) is 0 Å². The van der Waals surface area contributed by atoms with Gasteiger partial charge in [-0.1, -0.05) is 50.4 Å². The normalized spacial score (nSPS) is 12.8. The molecule has 0 saturated heterocycles. The van der Waals surface area contributed by atoms with Gasteiger partial charge in [-0.25, -0.2) is 0 Å². The van der Waals surface area contributed by atoms with Gasteiger partial charge in [0, 0.05) is 6.04 Å². The first-order valence-corrected chi connectivity index (χ1v) is 7.12. The highest BCUT2D eigenvalue weighted by Crippen LogP contribution is 2.30. The van der Waals surface area contributed by atoms with Crippen LogP contribution in [0.5, 0.6) is 5.75 Å². The van der Waals surface area contributed by atoms with Gasteiger partial charge in [0.2, 0.25) is 0 Å². The van der Waals surface area contributed by atoms with Crippen molar-refractivity contribution in [2.45, 2.75) is 46.1 Å². The predicted molar refractivity (Wildman–Crippen MR) is 78.4 cm³/mol. The van der Waals surface area contributed by atoms with Crippen LogP contribution in [-0.4, -0.2) is 12.6 Å². The molecular formula is C15H24ClNO. The summed E-state index contributed by atoms with van der Waals surface area (Å²) in [5, 5.41) is 0.680. The van der Waals surface area contributed by atoms with E-state index in [0.717, 1.165) is 37.2 Å². The second kappa shape index (κ2) is 7.65. The predicted octanol–water partition coefficient (Wildman–Crippen LogP) is 4.04. The second-order valence-corrected chi connectivity index (χ2v) is 5.31. The zero-order valence-corrected chi connectivity index (χ0v) is 12.3. The van der Waals surface area contributed by atoms with Gasteiger partial charge in [-0.3, -0.25) is 0 Å². The van der Waals surface area contributed by atoms with Crippen LogP contribution in [0.25, 0.3) is 0 Å². The first-order valence-electron chi connectivity index (χ1n) is 6.74. The van der Waals surface area contributed by atoms with E-state index >= 15 is 0 Å². The Morgan fingerprint density at radius 2 is 1.94 bits per heavy atom. The van der Waals surface area contributed by atoms with Crippen LogP contribution in [-0.2, 0) is 6.42 Å². The fourth-order valence-corrected chi connectivity index (χ4v) is 2.20. The number of ether oxygens (including phenoxy) is 1. The number of halogens is 1. The monoisotopic (exact) mass is 269 g/mol. The van der Waals surface area contributed by atoms with Crippen molar-refractivity contribution in [3.05, 3.63) is 28.8 Å². The van der Waals surface area contributed by atoms with Crippen LogP contribution in [0, 0.1) is 5.92 Å². The van der Waals surface area contributed by atoms with Gasteiger partial charge in [-0.15, -0.1) is 0 Å². The standard InChI is InChI=1S/C15H24ClNO/c1-4-12(5-2)10-18-15-13(9-11(3)17)7-6-8-14(15)16/h6-8,11-12H,4-5,9-10,17H2,1-3H3. The molecule has 0 radical (unpaired) electrons. The largest absolute Gasteiger partial charge is 0.491 e. The van der Waals surface area contributed by atoms with E-state index in [1.165, 1.54) is 0 Å². The molecule has 0 saturated carbocycles. The minimum Gasteiger partial charge on any atom is -0.491 e. The van der Waals surface area contributed by atoms with Gasteiger partial charge in [-0.05, 0) is 30.9 Å². The average Bonchev–Trinajstić information content (AvgIpc) is 2.32. The molecule has 3 heteroatoms. The van der Waals surface area contributed by atoms with Crippen LogP contribution < -0.4 is 10.5 Å². The summed E-state index contributed by atoms with van der Waals surface area (Å²) in [6, 6.07) is 5.97. The fourth-order valence-electron chi connectivity index (χ4n) is 1.95. The SMILES string of the molecule is CCC(CC)COc1c(Cl)cccc1CC(C)N. The van der Waals surface area contributed by atoms with Crippen LogP contribution in [0.1, 0.15) is 39.2 Å². The lowest BCUT2D eigenvalue weighted by Crippen LogP contribution is -2.19. The summed E-state index contributed by atoms with van der Waals surface area (Å²) in [5.74, 6) is 1.40. The first kappa shape index (κ1) is 15.3. The fraction of sp³-hybridized carbons (Fsp3) is 0.600. The summed E-state index contributed by atoms with van der Waals surface area (Å²) in [6.07, 6.45) is 3.05. The zero-order valence-electron chi connectivity index (χ0n) is 11.6. The van der Waals surface area contributed by atoms with Crippen molar-refractivity contribution in [2.24, 2.45) is 11.7 Å². The molecule has 0 aliphatic carbocycles. The smallest absolute Gasteiger partial charge is 0.141 e. The molecule has 0 fully saturated rings. The third kappa shape index (κ3) is 4.51. The molecule has 0 amide bonds. The molecule has 1 atom stereocenters. The Hall–Kier alpha value is -0.730. The van der Waals surface area contributed by atoms with E-state index in [4.69, 9.17) is 22.1 Å². The van der Waals surface area contributed by atoms with Crippen LogP contribution in [0.2, 0.25) is 5.02 Å². The maximum absolute atomic E-state index is 6.22. The molecule has 102 valence electrons. The summed E-state index contributed by atoms with van der Waals surface area (Å²) >= 11 is 6.22. The van der Waals surface area contributed by atoms with Crippen molar-refractivity contribution in [3.63, 3.8) is 0 Å². The molecule has 0 aromatic heterocycles. The van der Waals surface area contributed by atoms with Crippen LogP contribution in [0.4, 0.5) is 0 Å². The van der Waals surface area contributed by atoms with Gasteiger partial charge in [0.05, 0.1) is 11.6 Å². The highest BCUT2D eigenvalue weighted by molar-refractivity contribution is 6.32. The van der Waals surface area contributed by atoms with E-state index in [9.17, 15) is 0 Å². The van der Waals surface area contributed by atoms with E-state index in [1.54, 1.807) is 0 Å². The van der Waals surface area contributed by atoms with Gasteiger partial charge in [0.1, 0.15) is 5.75 Å². The lowest BCUT2D eigenvalue weighted by molar-refractivity contribution is 0.238. The molecule has 18 heavy (non-hydrogen) atoms. The molecule has 1 rings (SSSR count). The van der Waals surface area contributed by atoms with E-state index < -0.39 is 0 Å². The summed E-state index contributed by atoms with van der Waals surface area (Å²) in [6.45, 7) is 7.09. The molecule has 1 aromatic rings. The quantitative estimate of drug-likeness (QED) is 0.811. The summed E-state index contributed by atoms with van der Waals surface area (Å²) in [7, 11) is 0. The number of rotatable bonds is 7. The lowest BCUT2D eigenvalue weighted by atomic mass is 10.0. The maximum Gasteiger partial charge on any atom is 0.141 e. The first-order chi connectivity index (χ1) is 8.58. The highest BCUT2D eigenvalue weighted by Gasteiger charge is 2.12. The Morgan fingerprint density at radius 1 is 1.28 bits per heavy atom. The van der Waals surface area contributed by atoms with Gasteiger partial charge >= 0.3 is 0 Å². The number of nitrogens with two attached hydrogens (primary N) is 1. The Kier molecular flexibility index (Phi) is 6.51. The van der Waals surface area contributed by atoms with Crippen molar-refractivity contribution in [2.75, 3.05) is 6.61 Å². The Balaban J connectivity index is 2.79. The van der Waals surface area contributed by atoms with Crippen molar-refractivity contribution < 1.29 is 4.74 Å². The minimum absolute atomic E-state index is 0.110. The number of para-hydroxylation sites is 1. The molecule has 0 heterocycles. The van der Waals surface area contributed by atoms with E-state index in [2.05, 4.69) is 13.8 Å². The second-order valence-electron chi connectivity index (χ2n) is 4.90. The van der Waals surface area contributed by atoms with E-state index in [0.29, 0.717) is 10.9 Å². The molecule has 0 bridgehead atoms. The Labute approximate surface area is 115 Å². The average molecular weight is 270 g/mol. The highest BCUT2D eigenvalue weighted by atomic mass is 35.5. The summed E-state index contributed by atoms with van der Waals surface area (Å²) in [4.78, 5) is 0. The van der Waals surface area contributed by atoms with Gasteiger partial charge in [-0.2, -0.15) is 0 Å². The van der Waals surface area contributed by atoms with Crippen molar-refractivity contribution in [1.82, 2.24) is 0 Å². The molecule has 2 N–H and O–H groups in total. The molecular weight excluding hydrogens is 246 g/mol. The zero-order chi connectivity index (χ0) is 13.5.